The van der Waals surface area contributed by atoms with E-state index in [4.69, 9.17) is 0 Å². The molecule has 0 amide bonds. The van der Waals surface area contributed by atoms with Gasteiger partial charge in [-0.15, -0.1) is 16.8 Å². The number of hydrogen-bond acceptors (Lipinski definition) is 7. The number of aromatic nitrogens is 5. The van der Waals surface area contributed by atoms with Gasteiger partial charge in [0.1, 0.15) is 5.82 Å². The van der Waals surface area contributed by atoms with Crippen molar-refractivity contribution in [2.75, 3.05) is 7.05 Å². The molecule has 0 bridgehead atoms. The Labute approximate surface area is 128 Å². The van der Waals surface area contributed by atoms with Crippen molar-refractivity contribution in [1.82, 2.24) is 30.2 Å². The van der Waals surface area contributed by atoms with Crippen molar-refractivity contribution in [3.05, 3.63) is 30.2 Å². The molecular formula is C11H13F3N6OS. The SMILES string of the molecule is C=CCn1c(CNC)nnc1SCc1nc(C(F)(F)F)no1. The number of halogens is 3. The fourth-order valence-corrected chi connectivity index (χ4v) is 2.39. The van der Waals surface area contributed by atoms with Crippen LogP contribution in [0.3, 0.4) is 0 Å². The molecule has 22 heavy (non-hydrogen) atoms. The van der Waals surface area contributed by atoms with E-state index < -0.39 is 12.0 Å². The van der Waals surface area contributed by atoms with E-state index in [1.807, 2.05) is 0 Å². The van der Waals surface area contributed by atoms with E-state index >= 15 is 0 Å². The van der Waals surface area contributed by atoms with Crippen molar-refractivity contribution in [2.45, 2.75) is 30.2 Å². The maximum atomic E-state index is 12.4. The lowest BCUT2D eigenvalue weighted by Gasteiger charge is -2.06. The Morgan fingerprint density at radius 2 is 2.18 bits per heavy atom. The normalized spacial score (nSPS) is 11.8. The van der Waals surface area contributed by atoms with Crippen molar-refractivity contribution in [3.8, 4) is 0 Å². The van der Waals surface area contributed by atoms with Crippen LogP contribution in [-0.4, -0.2) is 32.0 Å². The summed E-state index contributed by atoms with van der Waals surface area (Å²) in [5.74, 6) is -0.642. The largest absolute Gasteiger partial charge is 0.455 e. The van der Waals surface area contributed by atoms with Crippen LogP contribution in [0, 0.1) is 0 Å². The van der Waals surface area contributed by atoms with Gasteiger partial charge in [0.2, 0.25) is 5.89 Å². The summed E-state index contributed by atoms with van der Waals surface area (Å²) >= 11 is 1.16. The fourth-order valence-electron chi connectivity index (χ4n) is 1.58. The van der Waals surface area contributed by atoms with Gasteiger partial charge in [0.25, 0.3) is 5.82 Å². The third-order valence-corrected chi connectivity index (χ3v) is 3.44. The highest BCUT2D eigenvalue weighted by Gasteiger charge is 2.37. The number of allylic oxidation sites excluding steroid dienone is 1. The lowest BCUT2D eigenvalue weighted by Crippen LogP contribution is -2.12. The molecule has 0 aromatic carbocycles. The molecule has 0 aliphatic carbocycles. The number of rotatable bonds is 7. The van der Waals surface area contributed by atoms with E-state index in [0.717, 1.165) is 11.8 Å². The van der Waals surface area contributed by atoms with Gasteiger partial charge < -0.3 is 14.4 Å². The van der Waals surface area contributed by atoms with Gasteiger partial charge in [-0.1, -0.05) is 23.0 Å². The van der Waals surface area contributed by atoms with Crippen LogP contribution in [0.2, 0.25) is 0 Å². The highest BCUT2D eigenvalue weighted by molar-refractivity contribution is 7.98. The first-order valence-corrected chi connectivity index (χ1v) is 7.14. The maximum Gasteiger partial charge on any atom is 0.455 e. The first-order chi connectivity index (χ1) is 10.5. The molecular weight excluding hydrogens is 321 g/mol. The van der Waals surface area contributed by atoms with Crippen LogP contribution in [0.25, 0.3) is 0 Å². The molecule has 0 radical (unpaired) electrons. The Hall–Kier alpha value is -1.88. The standard InChI is InChI=1S/C11H13F3N6OS/c1-3-4-20-7(5-15-2)17-18-10(20)22-6-8-16-9(19-21-8)11(12,13)14/h3,15H,1,4-6H2,2H3. The fraction of sp³-hybridized carbons (Fsp3) is 0.455. The highest BCUT2D eigenvalue weighted by atomic mass is 32.2. The van der Waals surface area contributed by atoms with Crippen LogP contribution >= 0.6 is 11.8 Å². The third-order valence-electron chi connectivity index (χ3n) is 2.49. The van der Waals surface area contributed by atoms with E-state index in [1.165, 1.54) is 0 Å². The molecule has 0 saturated carbocycles. The molecule has 1 N–H and O–H groups in total. The minimum Gasteiger partial charge on any atom is -0.338 e. The first-order valence-electron chi connectivity index (χ1n) is 6.16. The van der Waals surface area contributed by atoms with Gasteiger partial charge in [-0.05, 0) is 7.05 Å². The van der Waals surface area contributed by atoms with Crippen LogP contribution in [0.5, 0.6) is 0 Å². The number of thioether (sulfide) groups is 1. The molecule has 2 aromatic heterocycles. The summed E-state index contributed by atoms with van der Waals surface area (Å²) < 4.78 is 43.5. The van der Waals surface area contributed by atoms with Gasteiger partial charge in [0.05, 0.1) is 12.3 Å². The summed E-state index contributed by atoms with van der Waals surface area (Å²) in [6.45, 7) is 4.66. The molecule has 11 heteroatoms. The number of nitrogens with one attached hydrogen (secondary N) is 1. The second-order valence-electron chi connectivity index (χ2n) is 4.13. The van der Waals surface area contributed by atoms with Crippen molar-refractivity contribution in [2.24, 2.45) is 0 Å². The van der Waals surface area contributed by atoms with Gasteiger partial charge in [0.15, 0.2) is 5.16 Å². The molecule has 0 aliphatic heterocycles. The van der Waals surface area contributed by atoms with Gasteiger partial charge in [-0.3, -0.25) is 0 Å². The van der Waals surface area contributed by atoms with Crippen molar-refractivity contribution in [1.29, 1.82) is 0 Å². The zero-order valence-corrected chi connectivity index (χ0v) is 12.4. The molecule has 0 aliphatic rings. The lowest BCUT2D eigenvalue weighted by atomic mass is 10.5. The summed E-state index contributed by atoms with van der Waals surface area (Å²) in [6.07, 6.45) is -2.93. The van der Waals surface area contributed by atoms with Gasteiger partial charge >= 0.3 is 6.18 Å². The highest BCUT2D eigenvalue weighted by Crippen LogP contribution is 2.28. The second kappa shape index (κ2) is 6.92. The first kappa shape index (κ1) is 16.5. The molecule has 120 valence electrons. The van der Waals surface area contributed by atoms with E-state index in [0.29, 0.717) is 24.1 Å². The Morgan fingerprint density at radius 3 is 2.77 bits per heavy atom. The van der Waals surface area contributed by atoms with E-state index in [1.54, 1.807) is 17.7 Å². The minimum atomic E-state index is -4.62. The molecule has 0 spiro atoms. The van der Waals surface area contributed by atoms with Gasteiger partial charge in [-0.2, -0.15) is 18.2 Å². The second-order valence-corrected chi connectivity index (χ2v) is 5.07. The van der Waals surface area contributed by atoms with E-state index in [9.17, 15) is 13.2 Å². The average Bonchev–Trinajstić information content (AvgIpc) is 3.05. The Balaban J connectivity index is 2.08. The Bertz CT molecular complexity index is 638. The van der Waals surface area contributed by atoms with Crippen LogP contribution in [-0.2, 0) is 25.0 Å². The lowest BCUT2D eigenvalue weighted by molar-refractivity contribution is -0.146. The molecule has 0 atom stereocenters. The molecule has 7 nitrogen and oxygen atoms in total. The molecule has 2 heterocycles. The van der Waals surface area contributed by atoms with Crippen molar-refractivity contribution >= 4 is 11.8 Å². The quantitative estimate of drug-likeness (QED) is 0.611. The van der Waals surface area contributed by atoms with Crippen LogP contribution in [0.1, 0.15) is 17.5 Å². The molecule has 0 fully saturated rings. The third kappa shape index (κ3) is 3.85. The van der Waals surface area contributed by atoms with Gasteiger partial charge in [-0.25, -0.2) is 0 Å². The molecule has 2 aromatic rings. The van der Waals surface area contributed by atoms with Crippen molar-refractivity contribution in [3.63, 3.8) is 0 Å². The number of hydrogen-bond donors (Lipinski definition) is 1. The van der Waals surface area contributed by atoms with Crippen LogP contribution in [0.4, 0.5) is 13.2 Å². The Morgan fingerprint density at radius 1 is 1.41 bits per heavy atom. The summed E-state index contributed by atoms with van der Waals surface area (Å²) in [7, 11) is 1.77. The average molecular weight is 334 g/mol. The summed E-state index contributed by atoms with van der Waals surface area (Å²) in [5.41, 5.74) is 0. The monoisotopic (exact) mass is 334 g/mol. The molecule has 2 rings (SSSR count). The smallest absolute Gasteiger partial charge is 0.338 e. The topological polar surface area (TPSA) is 81.7 Å². The number of nitrogens with zero attached hydrogens (tertiary/aromatic N) is 5. The molecule has 0 unspecified atom stereocenters. The number of alkyl halides is 3. The van der Waals surface area contributed by atoms with Crippen molar-refractivity contribution < 1.29 is 17.7 Å². The minimum absolute atomic E-state index is 0.0674. The summed E-state index contributed by atoms with van der Waals surface area (Å²) in [6, 6.07) is 0. The van der Waals surface area contributed by atoms with Gasteiger partial charge in [0, 0.05) is 6.54 Å². The zero-order valence-electron chi connectivity index (χ0n) is 11.6. The predicted octanol–water partition coefficient (Wildman–Crippen LogP) is 1.88. The zero-order chi connectivity index (χ0) is 16.2. The predicted molar refractivity (Wildman–Crippen MR) is 71.8 cm³/mol. The molecule has 0 saturated heterocycles. The van der Waals surface area contributed by atoms with Crippen LogP contribution < -0.4 is 5.32 Å². The summed E-state index contributed by atoms with van der Waals surface area (Å²) in [5, 5.41) is 14.4. The van der Waals surface area contributed by atoms with E-state index in [2.05, 4.69) is 36.8 Å². The Kier molecular flexibility index (Phi) is 5.19. The summed E-state index contributed by atoms with van der Waals surface area (Å²) in [4.78, 5) is 3.30. The van der Waals surface area contributed by atoms with Crippen LogP contribution in [0.15, 0.2) is 22.3 Å². The van der Waals surface area contributed by atoms with E-state index in [-0.39, 0.29) is 11.6 Å². The maximum absolute atomic E-state index is 12.4.